The Hall–Kier alpha value is -2.91. The van der Waals surface area contributed by atoms with E-state index in [1.165, 1.54) is 4.57 Å². The average molecular weight is 445 g/mol. The molecule has 1 unspecified atom stereocenters. The lowest BCUT2D eigenvalue weighted by Gasteiger charge is -2.15. The molecule has 3 heterocycles. The first-order valence-corrected chi connectivity index (χ1v) is 10.5. The minimum absolute atomic E-state index is 0.0913. The summed E-state index contributed by atoms with van der Waals surface area (Å²) in [7, 11) is 0. The Morgan fingerprint density at radius 2 is 1.84 bits per heavy atom. The first-order chi connectivity index (χ1) is 15.1. The van der Waals surface area contributed by atoms with Crippen LogP contribution in [-0.2, 0) is 12.7 Å². The van der Waals surface area contributed by atoms with Gasteiger partial charge in [-0.2, -0.15) is 18.2 Å². The highest BCUT2D eigenvalue weighted by Gasteiger charge is 2.36. The van der Waals surface area contributed by atoms with Crippen LogP contribution in [0.25, 0.3) is 5.82 Å². The monoisotopic (exact) mass is 445 g/mol. The molecular formula is C23H26F3N5O. The molecule has 2 N–H and O–H groups in total. The van der Waals surface area contributed by atoms with Gasteiger partial charge in [-0.05, 0) is 61.6 Å². The Kier molecular flexibility index (Phi) is 5.96. The van der Waals surface area contributed by atoms with E-state index in [4.69, 9.17) is 0 Å². The molecular weight excluding hydrogens is 419 g/mol. The van der Waals surface area contributed by atoms with Crippen molar-refractivity contribution in [3.8, 4) is 5.82 Å². The fourth-order valence-corrected chi connectivity index (χ4v) is 4.09. The van der Waals surface area contributed by atoms with Gasteiger partial charge in [0.15, 0.2) is 5.82 Å². The van der Waals surface area contributed by atoms with Crippen LogP contribution in [0.5, 0.6) is 0 Å². The van der Waals surface area contributed by atoms with Gasteiger partial charge in [-0.15, -0.1) is 0 Å². The van der Waals surface area contributed by atoms with Crippen LogP contribution >= 0.6 is 0 Å². The summed E-state index contributed by atoms with van der Waals surface area (Å²) in [6.45, 7) is 7.64. The number of likely N-dealkylation sites (tertiary alicyclic amines) is 1. The van der Waals surface area contributed by atoms with Crippen LogP contribution in [0.4, 0.5) is 24.8 Å². The number of aromatic nitrogens is 3. The first-order valence-electron chi connectivity index (χ1n) is 10.5. The lowest BCUT2D eigenvalue weighted by Crippen LogP contribution is -2.21. The van der Waals surface area contributed by atoms with E-state index < -0.39 is 11.7 Å². The molecule has 0 aliphatic carbocycles. The number of rotatable bonds is 5. The van der Waals surface area contributed by atoms with Crippen molar-refractivity contribution < 1.29 is 18.3 Å². The summed E-state index contributed by atoms with van der Waals surface area (Å²) >= 11 is 0. The largest absolute Gasteiger partial charge is 0.421 e. The maximum atomic E-state index is 13.7. The summed E-state index contributed by atoms with van der Waals surface area (Å²) in [5, 5.41) is 12.8. The molecule has 1 atom stereocenters. The quantitative estimate of drug-likeness (QED) is 0.605. The zero-order valence-electron chi connectivity index (χ0n) is 18.2. The molecule has 0 bridgehead atoms. The molecule has 170 valence electrons. The van der Waals surface area contributed by atoms with Gasteiger partial charge in [-0.25, -0.2) is 4.98 Å². The standard InChI is InChI=1S/C23H26F3N5O/c1-14-6-15(2)8-18(7-14)28-22-27-9-20(23(24,25)26)21(29-22)31-10-16(3)17(12-31)11-30-5-4-19(32)13-30/h6-10,12,19,32H,4-5,11,13H2,1-3H3,(H,27,28,29). The number of hydrogen-bond acceptors (Lipinski definition) is 5. The van der Waals surface area contributed by atoms with Crippen molar-refractivity contribution in [2.24, 2.45) is 0 Å². The van der Waals surface area contributed by atoms with Crippen LogP contribution in [0.2, 0.25) is 0 Å². The summed E-state index contributed by atoms with van der Waals surface area (Å²) < 4.78 is 42.6. The highest BCUT2D eigenvalue weighted by atomic mass is 19.4. The Morgan fingerprint density at radius 3 is 2.47 bits per heavy atom. The Bertz CT molecular complexity index is 1110. The van der Waals surface area contributed by atoms with Gasteiger partial charge >= 0.3 is 6.18 Å². The summed E-state index contributed by atoms with van der Waals surface area (Å²) in [6.07, 6.45) is -0.0881. The van der Waals surface area contributed by atoms with Crippen molar-refractivity contribution in [2.45, 2.75) is 46.0 Å². The second kappa shape index (κ2) is 8.55. The molecule has 1 aliphatic rings. The van der Waals surface area contributed by atoms with Crippen molar-refractivity contribution in [1.29, 1.82) is 0 Å². The number of nitrogens with zero attached hydrogens (tertiary/aromatic N) is 4. The van der Waals surface area contributed by atoms with Gasteiger partial charge in [0.2, 0.25) is 5.95 Å². The molecule has 1 fully saturated rings. The molecule has 1 aromatic carbocycles. The Labute approximate surface area is 184 Å². The van der Waals surface area contributed by atoms with Gasteiger partial charge in [0.25, 0.3) is 0 Å². The zero-order chi connectivity index (χ0) is 23.0. The summed E-state index contributed by atoms with van der Waals surface area (Å²) in [4.78, 5) is 10.2. The van der Waals surface area contributed by atoms with Crippen molar-refractivity contribution in [2.75, 3.05) is 18.4 Å². The van der Waals surface area contributed by atoms with Crippen molar-refractivity contribution in [1.82, 2.24) is 19.4 Å². The Balaban J connectivity index is 1.68. The normalized spacial score (nSPS) is 17.2. The van der Waals surface area contributed by atoms with Crippen LogP contribution in [0, 0.1) is 20.8 Å². The predicted molar refractivity (Wildman–Crippen MR) is 116 cm³/mol. The second-order valence-electron chi connectivity index (χ2n) is 8.48. The number of anilines is 2. The van der Waals surface area contributed by atoms with Crippen LogP contribution in [0.3, 0.4) is 0 Å². The fourth-order valence-electron chi connectivity index (χ4n) is 4.09. The topological polar surface area (TPSA) is 66.2 Å². The maximum absolute atomic E-state index is 13.7. The molecule has 4 rings (SSSR count). The van der Waals surface area contributed by atoms with E-state index in [9.17, 15) is 18.3 Å². The summed E-state index contributed by atoms with van der Waals surface area (Å²) in [5.41, 5.74) is 3.62. The molecule has 1 aliphatic heterocycles. The Morgan fingerprint density at radius 1 is 1.12 bits per heavy atom. The lowest BCUT2D eigenvalue weighted by atomic mass is 10.1. The first kappa shape index (κ1) is 22.3. The maximum Gasteiger partial charge on any atom is 0.421 e. The van der Waals surface area contributed by atoms with E-state index >= 15 is 0 Å². The number of hydrogen-bond donors (Lipinski definition) is 2. The SMILES string of the molecule is Cc1cc(C)cc(Nc2ncc(C(F)(F)F)c(-n3cc(C)c(CN4CCC(O)C4)c3)n2)c1. The number of alkyl halides is 3. The van der Waals surface area contributed by atoms with Crippen molar-refractivity contribution >= 4 is 11.6 Å². The molecule has 2 aromatic heterocycles. The molecule has 6 nitrogen and oxygen atoms in total. The van der Waals surface area contributed by atoms with Crippen LogP contribution in [-0.4, -0.2) is 43.7 Å². The third-order valence-corrected chi connectivity index (χ3v) is 5.57. The molecule has 3 aromatic rings. The van der Waals surface area contributed by atoms with E-state index in [0.717, 1.165) is 35.0 Å². The molecule has 0 amide bonds. The number of benzene rings is 1. The second-order valence-corrected chi connectivity index (χ2v) is 8.48. The predicted octanol–water partition coefficient (Wildman–Crippen LogP) is 4.52. The fraction of sp³-hybridized carbons (Fsp3) is 0.391. The minimum atomic E-state index is -4.59. The van der Waals surface area contributed by atoms with Crippen LogP contribution in [0.15, 0.2) is 36.8 Å². The number of aryl methyl sites for hydroxylation is 3. The number of nitrogens with one attached hydrogen (secondary N) is 1. The lowest BCUT2D eigenvalue weighted by molar-refractivity contribution is -0.137. The zero-order valence-corrected chi connectivity index (χ0v) is 18.2. The third-order valence-electron chi connectivity index (χ3n) is 5.57. The van der Waals surface area contributed by atoms with E-state index in [2.05, 4.69) is 20.2 Å². The van der Waals surface area contributed by atoms with Crippen molar-refractivity contribution in [3.63, 3.8) is 0 Å². The van der Waals surface area contributed by atoms with E-state index in [0.29, 0.717) is 25.2 Å². The van der Waals surface area contributed by atoms with Crippen LogP contribution in [0.1, 0.15) is 34.2 Å². The van der Waals surface area contributed by atoms with Gasteiger partial charge in [0, 0.05) is 43.9 Å². The van der Waals surface area contributed by atoms with E-state index in [1.807, 2.05) is 39.0 Å². The highest BCUT2D eigenvalue weighted by Crippen LogP contribution is 2.34. The van der Waals surface area contributed by atoms with Gasteiger partial charge in [0.1, 0.15) is 5.56 Å². The smallest absolute Gasteiger partial charge is 0.392 e. The van der Waals surface area contributed by atoms with Crippen molar-refractivity contribution in [3.05, 3.63) is 64.6 Å². The summed E-state index contributed by atoms with van der Waals surface area (Å²) in [6, 6.07) is 5.78. The third kappa shape index (κ3) is 4.94. The van der Waals surface area contributed by atoms with Crippen LogP contribution < -0.4 is 5.32 Å². The van der Waals surface area contributed by atoms with E-state index in [-0.39, 0.29) is 17.9 Å². The van der Waals surface area contributed by atoms with Gasteiger partial charge in [0.05, 0.1) is 6.10 Å². The summed E-state index contributed by atoms with van der Waals surface area (Å²) in [5.74, 6) is -0.135. The van der Waals surface area contributed by atoms with Gasteiger partial charge in [-0.3, -0.25) is 4.90 Å². The van der Waals surface area contributed by atoms with Gasteiger partial charge in [-0.1, -0.05) is 6.07 Å². The molecule has 0 saturated carbocycles. The van der Waals surface area contributed by atoms with Gasteiger partial charge < -0.3 is 15.0 Å². The molecule has 0 radical (unpaired) electrons. The van der Waals surface area contributed by atoms with E-state index in [1.54, 1.807) is 12.4 Å². The number of β-amino-alcohol motifs (C(OH)–C–C–N with tert-alkyl or cyclic N) is 1. The highest BCUT2D eigenvalue weighted by molar-refractivity contribution is 5.57. The molecule has 0 spiro atoms. The molecule has 1 saturated heterocycles. The minimum Gasteiger partial charge on any atom is -0.392 e. The average Bonchev–Trinajstić information content (AvgIpc) is 3.26. The number of aliphatic hydroxyl groups excluding tert-OH is 1. The number of aliphatic hydroxyl groups is 1. The molecule has 9 heteroatoms. The number of halogens is 3. The molecule has 32 heavy (non-hydrogen) atoms.